The van der Waals surface area contributed by atoms with E-state index >= 15 is 0 Å². The molecule has 4 rings (SSSR count). The lowest BCUT2D eigenvalue weighted by Crippen LogP contribution is -2.68. The highest BCUT2D eigenvalue weighted by Gasteiger charge is 2.47. The van der Waals surface area contributed by atoms with Crippen LogP contribution in [-0.2, 0) is 22.2 Å². The average molecular weight is 474 g/mol. The lowest BCUT2D eigenvalue weighted by molar-refractivity contribution is -0.142. The Bertz CT molecular complexity index is 1060. The van der Waals surface area contributed by atoms with Crippen molar-refractivity contribution in [3.8, 4) is 0 Å². The lowest BCUT2D eigenvalue weighted by atomic mass is 9.91. The molecule has 34 heavy (non-hydrogen) atoms. The molecule has 2 aromatic carbocycles. The molecule has 2 heterocycles. The van der Waals surface area contributed by atoms with Gasteiger partial charge < -0.3 is 5.32 Å². The molecule has 2 atom stereocenters. The van der Waals surface area contributed by atoms with Crippen molar-refractivity contribution in [3.63, 3.8) is 0 Å². The number of rotatable bonds is 6. The van der Waals surface area contributed by atoms with Crippen LogP contribution in [0.2, 0.25) is 0 Å². The number of amides is 4. The second kappa shape index (κ2) is 9.84. The Labute approximate surface area is 194 Å². The molecule has 0 aliphatic carbocycles. The number of hydrogen-bond donors (Lipinski definition) is 2. The number of benzene rings is 2. The fraction of sp³-hybridized carbons (Fsp3) is 0.375. The van der Waals surface area contributed by atoms with E-state index < -0.39 is 42.3 Å². The van der Waals surface area contributed by atoms with Crippen LogP contribution in [0.5, 0.6) is 0 Å². The number of imide groups is 1. The highest BCUT2D eigenvalue weighted by molar-refractivity contribution is 6.01. The van der Waals surface area contributed by atoms with Crippen molar-refractivity contribution in [3.05, 3.63) is 65.7 Å². The van der Waals surface area contributed by atoms with Gasteiger partial charge in [-0.2, -0.15) is 13.2 Å². The number of anilines is 1. The number of alkyl halides is 3. The van der Waals surface area contributed by atoms with Gasteiger partial charge in [0.1, 0.15) is 6.54 Å². The number of carbonyl (C=O) groups is 3. The summed E-state index contributed by atoms with van der Waals surface area (Å²) in [6.07, 6.45) is -3.55. The first-order valence-corrected chi connectivity index (χ1v) is 11.1. The molecule has 0 aromatic heterocycles. The molecule has 4 amide bonds. The quantitative estimate of drug-likeness (QED) is 0.672. The summed E-state index contributed by atoms with van der Waals surface area (Å²) in [4.78, 5) is 41.5. The van der Waals surface area contributed by atoms with Crippen LogP contribution in [0.3, 0.4) is 0 Å². The highest BCUT2D eigenvalue weighted by Crippen LogP contribution is 2.35. The number of nitrogens with zero attached hydrogens (tertiary/aromatic N) is 2. The molecule has 0 saturated carbocycles. The minimum Gasteiger partial charge on any atom is -0.324 e. The molecule has 0 spiro atoms. The van der Waals surface area contributed by atoms with E-state index in [1.807, 2.05) is 30.3 Å². The van der Waals surface area contributed by atoms with Crippen molar-refractivity contribution in [2.75, 3.05) is 25.0 Å². The van der Waals surface area contributed by atoms with Gasteiger partial charge in [0.2, 0.25) is 11.8 Å². The second-order valence-electron chi connectivity index (χ2n) is 8.38. The third-order valence-electron chi connectivity index (χ3n) is 6.11. The summed E-state index contributed by atoms with van der Waals surface area (Å²) in [5.41, 5.74) is -0.392. The number of piperidine rings is 1. The van der Waals surface area contributed by atoms with Gasteiger partial charge in [0, 0.05) is 6.54 Å². The van der Waals surface area contributed by atoms with Gasteiger partial charge in [0.25, 0.3) is 0 Å². The standard InChI is InChI=1S/C24H25F3N4O3/c25-24(26,27)18-10-4-5-11-19(18)29-20(32)15-31-21-17(9-6-13-28-21)22(33)30(23(31)34)14-12-16-7-2-1-3-8-16/h1-5,7-8,10-11,17,21,28H,6,9,12-15H2,(H,29,32). The van der Waals surface area contributed by atoms with E-state index in [2.05, 4.69) is 10.6 Å². The Kier molecular flexibility index (Phi) is 6.87. The van der Waals surface area contributed by atoms with Crippen molar-refractivity contribution in [2.24, 2.45) is 5.92 Å². The van der Waals surface area contributed by atoms with Gasteiger partial charge in [-0.1, -0.05) is 42.5 Å². The molecule has 180 valence electrons. The van der Waals surface area contributed by atoms with Gasteiger partial charge in [-0.05, 0) is 43.5 Å². The van der Waals surface area contributed by atoms with Gasteiger partial charge in [0.15, 0.2) is 0 Å². The van der Waals surface area contributed by atoms with Crippen LogP contribution in [0.1, 0.15) is 24.0 Å². The normalized spacial score (nSPS) is 20.8. The highest BCUT2D eigenvalue weighted by atomic mass is 19.4. The maximum absolute atomic E-state index is 13.3. The molecule has 2 unspecified atom stereocenters. The predicted molar refractivity (Wildman–Crippen MR) is 119 cm³/mol. The number of urea groups is 1. The maximum atomic E-state index is 13.3. The SMILES string of the molecule is O=C(CN1C(=O)N(CCc2ccccc2)C(=O)C2CCCNC21)Nc1ccccc1C(F)(F)F. The molecule has 2 saturated heterocycles. The van der Waals surface area contributed by atoms with E-state index in [-0.39, 0.29) is 18.1 Å². The first-order valence-electron chi connectivity index (χ1n) is 11.1. The zero-order valence-electron chi connectivity index (χ0n) is 18.3. The second-order valence-corrected chi connectivity index (χ2v) is 8.38. The predicted octanol–water partition coefficient (Wildman–Crippen LogP) is 3.48. The summed E-state index contributed by atoms with van der Waals surface area (Å²) >= 11 is 0. The summed E-state index contributed by atoms with van der Waals surface area (Å²) in [7, 11) is 0. The number of fused-ring (bicyclic) bond motifs is 1. The Hall–Kier alpha value is -3.40. The van der Waals surface area contributed by atoms with Crippen molar-refractivity contribution in [1.82, 2.24) is 15.1 Å². The molecule has 7 nitrogen and oxygen atoms in total. The van der Waals surface area contributed by atoms with E-state index in [0.29, 0.717) is 19.4 Å². The van der Waals surface area contributed by atoms with Gasteiger partial charge >= 0.3 is 12.2 Å². The Morgan fingerprint density at radius 3 is 2.50 bits per heavy atom. The van der Waals surface area contributed by atoms with E-state index in [1.54, 1.807) is 0 Å². The van der Waals surface area contributed by atoms with Crippen LogP contribution >= 0.6 is 0 Å². The number of hydrogen-bond acceptors (Lipinski definition) is 4. The summed E-state index contributed by atoms with van der Waals surface area (Å²) in [5, 5.41) is 5.41. The number of para-hydroxylation sites is 1. The Balaban J connectivity index is 1.51. The number of nitrogens with one attached hydrogen (secondary N) is 2. The van der Waals surface area contributed by atoms with Crippen LogP contribution in [0.25, 0.3) is 0 Å². The third kappa shape index (κ3) is 5.06. The molecule has 2 aliphatic rings. The van der Waals surface area contributed by atoms with E-state index in [0.717, 1.165) is 29.0 Å². The lowest BCUT2D eigenvalue weighted by Gasteiger charge is -2.46. The summed E-state index contributed by atoms with van der Waals surface area (Å²) < 4.78 is 39.9. The van der Waals surface area contributed by atoms with Crippen molar-refractivity contribution in [2.45, 2.75) is 31.6 Å². The van der Waals surface area contributed by atoms with E-state index in [1.165, 1.54) is 17.0 Å². The summed E-state index contributed by atoms with van der Waals surface area (Å²) in [6.45, 7) is 0.245. The van der Waals surface area contributed by atoms with Gasteiger partial charge in [-0.15, -0.1) is 0 Å². The molecule has 2 aromatic rings. The topological polar surface area (TPSA) is 81.8 Å². The van der Waals surface area contributed by atoms with Crippen LogP contribution in [0.15, 0.2) is 54.6 Å². The molecule has 10 heteroatoms. The number of carbonyl (C=O) groups excluding carboxylic acids is 3. The molecule has 2 aliphatic heterocycles. The zero-order valence-corrected chi connectivity index (χ0v) is 18.3. The third-order valence-corrected chi connectivity index (χ3v) is 6.11. The summed E-state index contributed by atoms with van der Waals surface area (Å²) in [5.74, 6) is -1.58. The average Bonchev–Trinajstić information content (AvgIpc) is 2.82. The van der Waals surface area contributed by atoms with Gasteiger partial charge in [-0.25, -0.2) is 4.79 Å². The molecule has 0 radical (unpaired) electrons. The Morgan fingerprint density at radius 1 is 1.06 bits per heavy atom. The van der Waals surface area contributed by atoms with Crippen LogP contribution in [0, 0.1) is 5.92 Å². The largest absolute Gasteiger partial charge is 0.418 e. The minimum atomic E-state index is -4.64. The summed E-state index contributed by atoms with van der Waals surface area (Å²) in [6, 6.07) is 13.4. The van der Waals surface area contributed by atoms with Crippen molar-refractivity contribution >= 4 is 23.5 Å². The first kappa shape index (κ1) is 23.7. The fourth-order valence-electron chi connectivity index (χ4n) is 4.47. The minimum absolute atomic E-state index is 0.153. The van der Waals surface area contributed by atoms with Crippen LogP contribution in [-0.4, -0.2) is 53.4 Å². The number of halogens is 3. The van der Waals surface area contributed by atoms with Gasteiger partial charge in [-0.3, -0.25) is 24.7 Å². The molecular weight excluding hydrogens is 449 g/mol. The molecular formula is C24H25F3N4O3. The fourth-order valence-corrected chi connectivity index (χ4v) is 4.47. The van der Waals surface area contributed by atoms with Crippen LogP contribution < -0.4 is 10.6 Å². The molecule has 0 bridgehead atoms. The maximum Gasteiger partial charge on any atom is 0.418 e. The first-order chi connectivity index (χ1) is 16.3. The molecule has 2 fully saturated rings. The smallest absolute Gasteiger partial charge is 0.324 e. The molecule has 2 N–H and O–H groups in total. The van der Waals surface area contributed by atoms with Crippen molar-refractivity contribution < 1.29 is 27.6 Å². The van der Waals surface area contributed by atoms with Crippen LogP contribution in [0.4, 0.5) is 23.7 Å². The van der Waals surface area contributed by atoms with Gasteiger partial charge in [0.05, 0.1) is 23.3 Å². The van der Waals surface area contributed by atoms with Crippen molar-refractivity contribution in [1.29, 1.82) is 0 Å². The van der Waals surface area contributed by atoms with E-state index in [4.69, 9.17) is 0 Å². The Morgan fingerprint density at radius 2 is 1.76 bits per heavy atom. The zero-order chi connectivity index (χ0) is 24.3. The van der Waals surface area contributed by atoms with E-state index in [9.17, 15) is 27.6 Å². The monoisotopic (exact) mass is 474 g/mol.